The molecule has 0 amide bonds. The molecular weight excluding hydrogens is 1040 g/mol. The van der Waals surface area contributed by atoms with Crippen LogP contribution in [0, 0.1) is 0 Å². The van der Waals surface area contributed by atoms with Gasteiger partial charge in [0.15, 0.2) is 23.0 Å². The van der Waals surface area contributed by atoms with Crippen molar-refractivity contribution in [2.45, 2.75) is 260 Å². The minimum Gasteiger partial charge on any atom is -0.493 e. The van der Waals surface area contributed by atoms with E-state index in [-0.39, 0.29) is 0 Å². The van der Waals surface area contributed by atoms with Gasteiger partial charge in [0.1, 0.15) is 37.9 Å². The van der Waals surface area contributed by atoms with E-state index in [1.165, 1.54) is 202 Å². The van der Waals surface area contributed by atoms with E-state index >= 15 is 0 Å². The fourth-order valence-corrected chi connectivity index (χ4v) is 16.3. The molecule has 0 unspecified atom stereocenters. The Morgan fingerprint density at radius 1 is 0.359 bits per heavy atom. The van der Waals surface area contributed by atoms with E-state index in [2.05, 4.69) is 79.7 Å². The van der Waals surface area contributed by atoms with E-state index < -0.39 is 0 Å². The summed E-state index contributed by atoms with van der Waals surface area (Å²) in [5.41, 5.74) is 5.23. The van der Waals surface area contributed by atoms with Crippen LogP contribution >= 0.6 is 45.3 Å². The first-order chi connectivity index (χ1) is 38.3. The van der Waals surface area contributed by atoms with Crippen LogP contribution in [0.5, 0.6) is 34.5 Å². The van der Waals surface area contributed by atoms with Gasteiger partial charge in [-0.3, -0.25) is 0 Å². The third kappa shape index (κ3) is 17.9. The molecule has 2 aliphatic heterocycles. The normalized spacial score (nSPS) is 13.2. The highest BCUT2D eigenvalue weighted by atomic mass is 32.1. The van der Waals surface area contributed by atoms with Crippen LogP contribution in [0.25, 0.3) is 40.4 Å². The van der Waals surface area contributed by atoms with Gasteiger partial charge in [-0.2, -0.15) is 0 Å². The molecule has 7 rings (SSSR count). The Hall–Kier alpha value is -3.18. The van der Waals surface area contributed by atoms with Crippen LogP contribution < -0.4 is 28.4 Å². The lowest BCUT2D eigenvalue weighted by Crippen LogP contribution is -2.16. The van der Waals surface area contributed by atoms with Crippen LogP contribution in [0.4, 0.5) is 0 Å². The Bertz CT molecular complexity index is 2490. The fraction of sp³-hybridized carbons (Fsp3) is 0.676. The van der Waals surface area contributed by atoms with Crippen molar-refractivity contribution in [3.63, 3.8) is 0 Å². The molecule has 0 aliphatic carbocycles. The van der Waals surface area contributed by atoms with Gasteiger partial charge >= 0.3 is 0 Å². The molecule has 0 bridgehead atoms. The maximum absolute atomic E-state index is 7.13. The van der Waals surface area contributed by atoms with Crippen molar-refractivity contribution in [1.29, 1.82) is 0 Å². The number of fused-ring (bicyclic) bond motifs is 2. The van der Waals surface area contributed by atoms with Crippen LogP contribution in [0.15, 0.2) is 24.3 Å². The first kappa shape index (κ1) is 62.4. The van der Waals surface area contributed by atoms with E-state index in [9.17, 15) is 0 Å². The van der Waals surface area contributed by atoms with E-state index in [4.69, 9.17) is 28.4 Å². The molecule has 6 nitrogen and oxygen atoms in total. The Morgan fingerprint density at radius 2 is 0.718 bits per heavy atom. The third-order valence-electron chi connectivity index (χ3n) is 15.7. The first-order valence-corrected chi connectivity index (χ1v) is 35.1. The van der Waals surface area contributed by atoms with Gasteiger partial charge in [0, 0.05) is 25.8 Å². The zero-order valence-electron chi connectivity index (χ0n) is 50.0. The molecule has 5 aromatic rings. The summed E-state index contributed by atoms with van der Waals surface area (Å²) in [7, 11) is 0. The maximum Gasteiger partial charge on any atom is 0.181 e. The molecule has 2 aliphatic rings. The number of hydrogen-bond acceptors (Lipinski definition) is 10. The molecule has 0 saturated heterocycles. The molecule has 6 heterocycles. The lowest BCUT2D eigenvalue weighted by Gasteiger charge is -2.19. The van der Waals surface area contributed by atoms with Crippen molar-refractivity contribution in [2.24, 2.45) is 0 Å². The predicted molar refractivity (Wildman–Crippen MR) is 340 cm³/mol. The highest BCUT2D eigenvalue weighted by Crippen LogP contribution is 2.62. The Kier molecular flexibility index (Phi) is 27.5. The molecule has 0 fully saturated rings. The second-order valence-electron chi connectivity index (χ2n) is 23.1. The smallest absolute Gasteiger partial charge is 0.181 e. The summed E-state index contributed by atoms with van der Waals surface area (Å²) in [6.07, 6.45) is 37.9. The summed E-state index contributed by atoms with van der Waals surface area (Å²) in [5.74, 6) is 6.21. The average molecular weight is 1140 g/mol. The molecule has 78 heavy (non-hydrogen) atoms. The Labute approximate surface area is 490 Å². The second kappa shape index (κ2) is 34.3. The maximum atomic E-state index is 7.13. The third-order valence-corrected chi connectivity index (χ3v) is 21.3. The van der Waals surface area contributed by atoms with E-state index in [1.54, 1.807) is 11.3 Å². The SMILES string of the molecule is CCCCCCCCCCc1cc(-c2cc(OCCCCCCCC)c(-c3cc(CCCCCCCCCC)c(C(C)C)s3)cc2OCCCCCCCC)sc1-c1sc(-c2sc(C(C)C)c3c2OCCO3)c2c1OCCO2. The van der Waals surface area contributed by atoms with Crippen LogP contribution in [-0.4, -0.2) is 39.6 Å². The fourth-order valence-electron chi connectivity index (χ4n) is 11.2. The number of hydrogen-bond donors (Lipinski definition) is 0. The number of thiophene rings is 4. The zero-order chi connectivity index (χ0) is 54.9. The average Bonchev–Trinajstić information content (AvgIpc) is 4.26. The van der Waals surface area contributed by atoms with E-state index in [1.807, 2.05) is 34.0 Å². The standard InChI is InChI=1S/C68H102O6S4/c1-9-13-17-21-25-27-29-33-37-51-45-57(75-63(51)49(5)6)53-47-56(70-40-36-32-24-20-16-12-4)54(48-55(53)69-39-35-31-23-19-15-11-3)58-46-52(38-34-30-28-26-22-18-14-10-2)65(76-58)66-61-62(74-44-43-73-61)68(78-66)67-60-59(71-41-42-72-60)64(77-67)50(7)8/h45-50H,9-44H2,1-8H3. The lowest BCUT2D eigenvalue weighted by atomic mass is 9.99. The number of rotatable bonds is 40. The quantitative estimate of drug-likeness (QED) is 0.0364. The van der Waals surface area contributed by atoms with Gasteiger partial charge in [0.2, 0.25) is 0 Å². The van der Waals surface area contributed by atoms with Crippen LogP contribution in [0.2, 0.25) is 0 Å². The molecule has 434 valence electrons. The van der Waals surface area contributed by atoms with Gasteiger partial charge in [-0.15, -0.1) is 45.3 Å². The lowest BCUT2D eigenvalue weighted by molar-refractivity contribution is 0.171. The second-order valence-corrected chi connectivity index (χ2v) is 27.3. The van der Waals surface area contributed by atoms with Gasteiger partial charge in [-0.05, 0) is 85.8 Å². The number of unbranched alkanes of at least 4 members (excludes halogenated alkanes) is 24. The van der Waals surface area contributed by atoms with Gasteiger partial charge < -0.3 is 28.4 Å². The molecule has 0 atom stereocenters. The molecular formula is C68H102O6S4. The predicted octanol–water partition coefficient (Wildman–Crippen LogP) is 23.2. The minimum atomic E-state index is 0.312. The van der Waals surface area contributed by atoms with Gasteiger partial charge in [-0.1, -0.05) is 209 Å². The highest BCUT2D eigenvalue weighted by Gasteiger charge is 2.35. The van der Waals surface area contributed by atoms with Crippen molar-refractivity contribution in [3.05, 3.63) is 45.1 Å². The molecule has 4 aromatic heterocycles. The van der Waals surface area contributed by atoms with E-state index in [0.29, 0.717) is 51.5 Å². The van der Waals surface area contributed by atoms with Crippen molar-refractivity contribution in [1.82, 2.24) is 0 Å². The minimum absolute atomic E-state index is 0.312. The number of benzene rings is 1. The van der Waals surface area contributed by atoms with Crippen molar-refractivity contribution >= 4 is 45.3 Å². The summed E-state index contributed by atoms with van der Waals surface area (Å²) in [4.78, 5) is 9.90. The number of aryl methyl sites for hydroxylation is 2. The number of ether oxygens (including phenoxy) is 6. The van der Waals surface area contributed by atoms with Gasteiger partial charge in [0.05, 0.1) is 37.6 Å². The monoisotopic (exact) mass is 1140 g/mol. The largest absolute Gasteiger partial charge is 0.493 e. The van der Waals surface area contributed by atoms with Crippen molar-refractivity contribution < 1.29 is 28.4 Å². The molecule has 0 saturated carbocycles. The van der Waals surface area contributed by atoms with Crippen LogP contribution in [0.1, 0.15) is 268 Å². The topological polar surface area (TPSA) is 55.4 Å². The summed E-state index contributed by atoms with van der Waals surface area (Å²) in [5, 5.41) is 0. The van der Waals surface area contributed by atoms with Crippen molar-refractivity contribution in [2.75, 3.05) is 39.6 Å². The zero-order valence-corrected chi connectivity index (χ0v) is 53.3. The summed E-state index contributed by atoms with van der Waals surface area (Å²) in [6, 6.07) is 9.80. The van der Waals surface area contributed by atoms with Crippen molar-refractivity contribution in [3.8, 4) is 74.9 Å². The molecule has 0 spiro atoms. The Morgan fingerprint density at radius 3 is 1.18 bits per heavy atom. The van der Waals surface area contributed by atoms with Gasteiger partial charge in [-0.25, -0.2) is 0 Å². The van der Waals surface area contributed by atoms with E-state index in [0.717, 1.165) is 86.8 Å². The van der Waals surface area contributed by atoms with Gasteiger partial charge in [0.25, 0.3) is 0 Å². The first-order valence-electron chi connectivity index (χ1n) is 31.8. The van der Waals surface area contributed by atoms with Crippen LogP contribution in [0.3, 0.4) is 0 Å². The summed E-state index contributed by atoms with van der Waals surface area (Å²) >= 11 is 7.49. The molecule has 0 radical (unpaired) electrons. The summed E-state index contributed by atoms with van der Waals surface area (Å²) < 4.78 is 40.4. The molecule has 0 N–H and O–H groups in total. The Balaban J connectivity index is 1.31. The van der Waals surface area contributed by atoms with Crippen LogP contribution in [-0.2, 0) is 12.8 Å². The summed E-state index contributed by atoms with van der Waals surface area (Å²) in [6.45, 7) is 22.0. The highest BCUT2D eigenvalue weighted by molar-refractivity contribution is 7.28. The molecule has 1 aromatic carbocycles. The molecule has 10 heteroatoms.